The third kappa shape index (κ3) is 12.8. The molecule has 0 spiro atoms. The van der Waals surface area contributed by atoms with Crippen molar-refractivity contribution < 1.29 is 47.6 Å². The Kier molecular flexibility index (Phi) is 18.0. The normalized spacial score (nSPS) is 13.5. The summed E-state index contributed by atoms with van der Waals surface area (Å²) in [6.45, 7) is 0.291. The average Bonchev–Trinajstić information content (AvgIpc) is 3.60. The smallest absolute Gasteiger partial charge is 0.408 e. The van der Waals surface area contributed by atoms with Gasteiger partial charge in [0.1, 0.15) is 25.3 Å². The molecule has 1 aliphatic carbocycles. The van der Waals surface area contributed by atoms with Gasteiger partial charge in [0, 0.05) is 17.7 Å². The van der Waals surface area contributed by atoms with E-state index >= 15 is 0 Å². The minimum Gasteiger partial charge on any atom is -0.493 e. The Balaban J connectivity index is 1.12. The highest BCUT2D eigenvalue weighted by atomic mass is 35.5. The van der Waals surface area contributed by atoms with Gasteiger partial charge in [0.25, 0.3) is 0 Å². The maximum Gasteiger partial charge on any atom is 0.408 e. The summed E-state index contributed by atoms with van der Waals surface area (Å²) in [5.74, 6) is -0.0416. The first kappa shape index (κ1) is 50.1. The number of amides is 4. The van der Waals surface area contributed by atoms with Crippen LogP contribution in [0.4, 0.5) is 15.3 Å². The average molecular weight is 950 g/mol. The number of fused-ring (bicyclic) bond motifs is 3. The number of hydrogen-bond donors (Lipinski definition) is 5. The van der Waals surface area contributed by atoms with Crippen LogP contribution >= 0.6 is 11.6 Å². The van der Waals surface area contributed by atoms with Crippen LogP contribution in [-0.2, 0) is 45.1 Å². The first-order chi connectivity index (χ1) is 33.0. The van der Waals surface area contributed by atoms with Crippen LogP contribution in [0.3, 0.4) is 0 Å². The van der Waals surface area contributed by atoms with E-state index < -0.39 is 47.6 Å². The lowest BCUT2D eigenvalue weighted by Gasteiger charge is -2.23. The molecule has 68 heavy (non-hydrogen) atoms. The number of ether oxygens (including phenoxy) is 6. The number of carbonyl (C=O) groups excluding carboxylic acids is 4. The van der Waals surface area contributed by atoms with E-state index in [0.29, 0.717) is 76.5 Å². The molecule has 6 N–H and O–H groups in total. The van der Waals surface area contributed by atoms with E-state index in [-0.39, 0.29) is 43.3 Å². The van der Waals surface area contributed by atoms with E-state index in [1.165, 1.54) is 34.5 Å². The molecule has 3 atom stereocenters. The number of nitrogens with two attached hydrogens (primary N) is 1. The molecule has 0 fully saturated rings. The van der Waals surface area contributed by atoms with E-state index in [1.807, 2.05) is 60.7 Å². The number of alkyl carbamates (subject to hydrolysis) is 2. The van der Waals surface area contributed by atoms with E-state index in [2.05, 4.69) is 21.3 Å². The molecule has 0 aromatic heterocycles. The van der Waals surface area contributed by atoms with Crippen molar-refractivity contribution in [3.63, 3.8) is 0 Å². The predicted octanol–water partition coefficient (Wildman–Crippen LogP) is 7.41. The van der Waals surface area contributed by atoms with Gasteiger partial charge in [-0.05, 0) is 96.3 Å². The lowest BCUT2D eigenvalue weighted by atomic mass is 9.95. The maximum absolute atomic E-state index is 13.9. The molecule has 1 aliphatic rings. The summed E-state index contributed by atoms with van der Waals surface area (Å²) in [5, 5.41) is 11.6. The van der Waals surface area contributed by atoms with Gasteiger partial charge >= 0.3 is 12.2 Å². The standard InChI is InChI=1S/C51H56ClN5O11/c1-63-42-25-23-35-37(28-41(42)58)38(24-22-36-43(35)45(64-2)47(66-4)46(65-3)44(36)52)56-50(61)68-30-33-18-20-34(21-19-33)54-48(59)39(17-11-12-26-53)55-49(60)40(27-31-13-7-5-8-14-31)57-51(62)67-29-32-15-9-6-10-16-32/h5-10,13-16,18-21,23,25,28,38-40H,11-12,17,22,24,26-27,29-30,53H2,1-4H3,(H,54,59)(H,55,60)(H,56,61)(H,57,62)/t38-,39-,40-/m0/s1. The third-order valence-corrected chi connectivity index (χ3v) is 11.8. The van der Waals surface area contributed by atoms with Gasteiger partial charge < -0.3 is 55.4 Å². The largest absolute Gasteiger partial charge is 0.493 e. The number of nitrogens with one attached hydrogen (secondary N) is 4. The Hall–Kier alpha value is -7.30. The fourth-order valence-electron chi connectivity index (χ4n) is 7.93. The lowest BCUT2D eigenvalue weighted by Crippen LogP contribution is -2.53. The summed E-state index contributed by atoms with van der Waals surface area (Å²) in [6, 6.07) is 27.0. The first-order valence-electron chi connectivity index (χ1n) is 22.1. The van der Waals surface area contributed by atoms with Crippen molar-refractivity contribution in [2.45, 2.75) is 69.9 Å². The number of benzene rings is 4. The van der Waals surface area contributed by atoms with E-state index in [9.17, 15) is 24.0 Å². The lowest BCUT2D eigenvalue weighted by molar-refractivity contribution is -0.128. The van der Waals surface area contributed by atoms with E-state index in [1.54, 1.807) is 36.4 Å². The van der Waals surface area contributed by atoms with Crippen LogP contribution in [0.5, 0.6) is 23.0 Å². The molecular weight excluding hydrogens is 894 g/mol. The third-order valence-electron chi connectivity index (χ3n) is 11.4. The van der Waals surface area contributed by atoms with Crippen LogP contribution < -0.4 is 51.4 Å². The first-order valence-corrected chi connectivity index (χ1v) is 22.4. The van der Waals surface area contributed by atoms with Crippen LogP contribution in [-0.4, -0.2) is 71.1 Å². The SMILES string of the molecule is COc1c(Cl)c2c(c(OC)c1OC)-c1ccc(OC)c(=O)cc1[C@@H](NC(=O)OCc1ccc(NC(=O)[C@H](CCCCN)NC(=O)[C@H](Cc3ccccc3)NC(=O)OCc3ccccc3)cc1)CC2. The van der Waals surface area contributed by atoms with E-state index in [4.69, 9.17) is 45.8 Å². The second-order valence-corrected chi connectivity index (χ2v) is 16.2. The molecule has 0 heterocycles. The van der Waals surface area contributed by atoms with Crippen molar-refractivity contribution >= 4 is 41.3 Å². The van der Waals surface area contributed by atoms with Crippen LogP contribution in [0.15, 0.2) is 108 Å². The second kappa shape index (κ2) is 24.5. The van der Waals surface area contributed by atoms with Crippen LogP contribution in [0, 0.1) is 0 Å². The molecule has 17 heteroatoms. The summed E-state index contributed by atoms with van der Waals surface area (Å²) >= 11 is 6.93. The monoisotopic (exact) mass is 949 g/mol. The van der Waals surface area contributed by atoms with E-state index in [0.717, 1.165) is 11.1 Å². The van der Waals surface area contributed by atoms with Crippen molar-refractivity contribution in [3.05, 3.63) is 146 Å². The quantitative estimate of drug-likeness (QED) is 0.0483. The number of hydrogen-bond acceptors (Lipinski definition) is 12. The zero-order valence-electron chi connectivity index (χ0n) is 38.4. The zero-order valence-corrected chi connectivity index (χ0v) is 39.1. The summed E-state index contributed by atoms with van der Waals surface area (Å²) in [4.78, 5) is 67.4. The number of anilines is 1. The number of halogens is 1. The predicted molar refractivity (Wildman–Crippen MR) is 257 cm³/mol. The summed E-state index contributed by atoms with van der Waals surface area (Å²) in [6.07, 6.45) is 0.779. The van der Waals surface area contributed by atoms with Gasteiger partial charge in [-0.25, -0.2) is 9.59 Å². The molecule has 5 aromatic carbocycles. The summed E-state index contributed by atoms with van der Waals surface area (Å²) in [5.41, 5.74) is 10.3. The molecule has 16 nitrogen and oxygen atoms in total. The highest BCUT2D eigenvalue weighted by molar-refractivity contribution is 6.34. The van der Waals surface area contributed by atoms with Crippen molar-refractivity contribution in [2.24, 2.45) is 5.73 Å². The molecule has 0 aliphatic heterocycles. The second-order valence-electron chi connectivity index (χ2n) is 15.8. The molecule has 0 bridgehead atoms. The molecule has 0 radical (unpaired) electrons. The Labute approximate surface area is 399 Å². The van der Waals surface area contributed by atoms with Crippen LogP contribution in [0.1, 0.15) is 59.5 Å². The van der Waals surface area contributed by atoms with Gasteiger partial charge in [0.2, 0.25) is 23.0 Å². The molecule has 358 valence electrons. The zero-order chi connectivity index (χ0) is 48.6. The Bertz CT molecular complexity index is 2600. The molecule has 0 saturated heterocycles. The fourth-order valence-corrected chi connectivity index (χ4v) is 8.29. The van der Waals surface area contributed by atoms with Crippen LogP contribution in [0.2, 0.25) is 5.02 Å². The molecule has 5 aromatic rings. The van der Waals surface area contributed by atoms with Crippen molar-refractivity contribution in [2.75, 3.05) is 40.3 Å². The van der Waals surface area contributed by atoms with Gasteiger partial charge in [-0.15, -0.1) is 0 Å². The van der Waals surface area contributed by atoms with Crippen molar-refractivity contribution in [1.82, 2.24) is 16.0 Å². The van der Waals surface area contributed by atoms with Gasteiger partial charge in [-0.1, -0.05) is 90.5 Å². The van der Waals surface area contributed by atoms with Gasteiger partial charge in [0.05, 0.1) is 39.5 Å². The molecule has 0 saturated carbocycles. The fraction of sp³-hybridized carbons (Fsp3) is 0.314. The molecular formula is C51H56ClN5O11. The Morgan fingerprint density at radius 3 is 1.96 bits per heavy atom. The van der Waals surface area contributed by atoms with Gasteiger partial charge in [0.15, 0.2) is 17.2 Å². The summed E-state index contributed by atoms with van der Waals surface area (Å²) in [7, 11) is 5.83. The minimum atomic E-state index is -1.05. The van der Waals surface area contributed by atoms with Gasteiger partial charge in [-0.3, -0.25) is 14.4 Å². The number of methoxy groups -OCH3 is 4. The van der Waals surface area contributed by atoms with Crippen molar-refractivity contribution in [1.29, 1.82) is 0 Å². The van der Waals surface area contributed by atoms with Gasteiger partial charge in [-0.2, -0.15) is 0 Å². The number of unbranched alkanes of at least 4 members (excludes halogenated alkanes) is 1. The molecule has 4 amide bonds. The van der Waals surface area contributed by atoms with Crippen LogP contribution in [0.25, 0.3) is 11.1 Å². The maximum atomic E-state index is 13.9. The summed E-state index contributed by atoms with van der Waals surface area (Å²) < 4.78 is 33.6. The number of rotatable bonds is 20. The highest BCUT2D eigenvalue weighted by Crippen LogP contribution is 2.54. The Morgan fingerprint density at radius 2 is 1.32 bits per heavy atom. The number of carbonyl (C=O) groups is 4. The van der Waals surface area contributed by atoms with Crippen molar-refractivity contribution in [3.8, 4) is 34.1 Å². The molecule has 0 unspecified atom stereocenters. The highest BCUT2D eigenvalue weighted by Gasteiger charge is 2.33. The Morgan fingerprint density at radius 1 is 0.691 bits per heavy atom. The molecule has 6 rings (SSSR count). The topological polar surface area (TPSA) is 215 Å². The minimum absolute atomic E-state index is 0.0128.